The van der Waals surface area contributed by atoms with Crippen LogP contribution in [0.5, 0.6) is 17.2 Å². The Bertz CT molecular complexity index is 1170. The molecule has 4 rings (SSSR count). The second-order valence-corrected chi connectivity index (χ2v) is 8.58. The van der Waals surface area contributed by atoms with Crippen molar-refractivity contribution >= 4 is 12.0 Å². The summed E-state index contributed by atoms with van der Waals surface area (Å²) in [6.45, 7) is 5.05. The predicted molar refractivity (Wildman–Crippen MR) is 135 cm³/mol. The van der Waals surface area contributed by atoms with Crippen LogP contribution in [0.1, 0.15) is 33.9 Å². The van der Waals surface area contributed by atoms with Crippen molar-refractivity contribution < 1.29 is 19.0 Å². The van der Waals surface area contributed by atoms with Gasteiger partial charge in [-0.15, -0.1) is 0 Å². The van der Waals surface area contributed by atoms with Gasteiger partial charge < -0.3 is 19.1 Å². The average Bonchev–Trinajstić information content (AvgIpc) is 2.84. The normalized spacial score (nSPS) is 15.2. The van der Waals surface area contributed by atoms with Gasteiger partial charge in [-0.2, -0.15) is 0 Å². The van der Waals surface area contributed by atoms with Gasteiger partial charge in [-0.3, -0.25) is 4.79 Å². The highest BCUT2D eigenvalue weighted by molar-refractivity contribution is 5.92. The molecule has 3 aromatic carbocycles. The van der Waals surface area contributed by atoms with E-state index in [1.807, 2.05) is 65.6 Å². The van der Waals surface area contributed by atoms with Crippen molar-refractivity contribution in [3.8, 4) is 17.2 Å². The van der Waals surface area contributed by atoms with Crippen LogP contribution in [0.3, 0.4) is 0 Å². The molecule has 5 heteroatoms. The number of amides is 1. The topological polar surface area (TPSA) is 48.0 Å². The van der Waals surface area contributed by atoms with Crippen molar-refractivity contribution in [1.29, 1.82) is 0 Å². The first-order chi connectivity index (χ1) is 16.5. The van der Waals surface area contributed by atoms with Gasteiger partial charge in [0.05, 0.1) is 20.3 Å². The number of carbonyl (C=O) groups is 1. The summed E-state index contributed by atoms with van der Waals surface area (Å²) >= 11 is 0. The molecule has 1 aliphatic heterocycles. The van der Waals surface area contributed by atoms with Crippen LogP contribution in [0, 0.1) is 13.8 Å². The van der Waals surface area contributed by atoms with E-state index in [4.69, 9.17) is 14.2 Å². The van der Waals surface area contributed by atoms with E-state index in [-0.39, 0.29) is 11.9 Å². The molecular weight excluding hydrogens is 426 g/mol. The Hall–Kier alpha value is -3.73. The standard InChI is InChI=1S/C29H31NO4/c1-20-14-21(2)16-24(15-20)34-19-26-25-18-28(33-4)27(32-3)17-23(25)12-13-30(26)29(31)11-10-22-8-6-5-7-9-22/h5-11,14-18,26H,12-13,19H2,1-4H3/b11-10+. The molecule has 5 nitrogen and oxygen atoms in total. The molecule has 0 N–H and O–H groups in total. The van der Waals surface area contributed by atoms with Gasteiger partial charge in [-0.1, -0.05) is 36.4 Å². The van der Waals surface area contributed by atoms with Gasteiger partial charge in [0.2, 0.25) is 5.91 Å². The molecule has 0 aromatic heterocycles. The van der Waals surface area contributed by atoms with Crippen LogP contribution in [-0.4, -0.2) is 38.2 Å². The highest BCUT2D eigenvalue weighted by Crippen LogP contribution is 2.38. The fraction of sp³-hybridized carbons (Fsp3) is 0.276. The molecule has 3 aromatic rings. The Morgan fingerprint density at radius 3 is 2.32 bits per heavy atom. The largest absolute Gasteiger partial charge is 0.493 e. The van der Waals surface area contributed by atoms with Gasteiger partial charge >= 0.3 is 0 Å². The Balaban J connectivity index is 1.66. The molecule has 1 aliphatic rings. The van der Waals surface area contributed by atoms with E-state index in [2.05, 4.69) is 19.9 Å². The SMILES string of the molecule is COc1cc2c(cc1OC)C(COc1cc(C)cc(C)c1)N(C(=O)/C=C/c1ccccc1)CC2. The molecule has 1 atom stereocenters. The van der Waals surface area contributed by atoms with Crippen molar-refractivity contribution in [2.45, 2.75) is 26.3 Å². The number of hydrogen-bond acceptors (Lipinski definition) is 4. The lowest BCUT2D eigenvalue weighted by Gasteiger charge is -2.37. The molecule has 0 aliphatic carbocycles. The van der Waals surface area contributed by atoms with Gasteiger partial charge in [0.15, 0.2) is 11.5 Å². The molecule has 0 spiro atoms. The highest BCUT2D eigenvalue weighted by atomic mass is 16.5. The first-order valence-corrected chi connectivity index (χ1v) is 11.5. The summed E-state index contributed by atoms with van der Waals surface area (Å²) in [5.74, 6) is 2.10. The molecule has 1 amide bonds. The molecule has 34 heavy (non-hydrogen) atoms. The summed E-state index contributed by atoms with van der Waals surface area (Å²) < 4.78 is 17.3. The van der Waals surface area contributed by atoms with Crippen molar-refractivity contribution in [2.24, 2.45) is 0 Å². The minimum atomic E-state index is -0.253. The van der Waals surface area contributed by atoms with Crippen molar-refractivity contribution in [2.75, 3.05) is 27.4 Å². The maximum atomic E-state index is 13.3. The second-order valence-electron chi connectivity index (χ2n) is 8.58. The Morgan fingerprint density at radius 1 is 0.971 bits per heavy atom. The fourth-order valence-electron chi connectivity index (χ4n) is 4.49. The summed E-state index contributed by atoms with van der Waals surface area (Å²) in [5.41, 5.74) is 5.44. The van der Waals surface area contributed by atoms with Crippen molar-refractivity contribution in [1.82, 2.24) is 4.90 Å². The van der Waals surface area contributed by atoms with Gasteiger partial charge in [0.1, 0.15) is 12.4 Å². The maximum absolute atomic E-state index is 13.3. The lowest BCUT2D eigenvalue weighted by atomic mass is 9.92. The zero-order chi connectivity index (χ0) is 24.1. The average molecular weight is 458 g/mol. The number of fused-ring (bicyclic) bond motifs is 1. The van der Waals surface area contributed by atoms with Crippen LogP contribution >= 0.6 is 0 Å². The number of ether oxygens (including phenoxy) is 3. The molecule has 0 radical (unpaired) electrons. The molecule has 0 fully saturated rings. The Morgan fingerprint density at radius 2 is 1.65 bits per heavy atom. The second kappa shape index (κ2) is 10.5. The summed E-state index contributed by atoms with van der Waals surface area (Å²) in [6.07, 6.45) is 4.24. The van der Waals surface area contributed by atoms with Crippen molar-refractivity contribution in [3.63, 3.8) is 0 Å². The smallest absolute Gasteiger partial charge is 0.247 e. The molecule has 0 saturated heterocycles. The van der Waals surface area contributed by atoms with E-state index in [0.29, 0.717) is 24.7 Å². The zero-order valence-electron chi connectivity index (χ0n) is 20.2. The molecule has 0 saturated carbocycles. The van der Waals surface area contributed by atoms with E-state index >= 15 is 0 Å². The van der Waals surface area contributed by atoms with Crippen molar-refractivity contribution in [3.05, 3.63) is 94.6 Å². The maximum Gasteiger partial charge on any atom is 0.247 e. The summed E-state index contributed by atoms with van der Waals surface area (Å²) in [5, 5.41) is 0. The van der Waals surface area contributed by atoms with E-state index in [1.165, 1.54) is 0 Å². The van der Waals surface area contributed by atoms with Crippen LogP contribution in [0.2, 0.25) is 0 Å². The van der Waals surface area contributed by atoms with E-state index in [9.17, 15) is 4.79 Å². The summed E-state index contributed by atoms with van der Waals surface area (Å²) in [6, 6.07) is 19.7. The quantitative estimate of drug-likeness (QED) is 0.437. The van der Waals surface area contributed by atoms with Gasteiger partial charge in [-0.25, -0.2) is 0 Å². The molecule has 0 bridgehead atoms. The number of benzene rings is 3. The third kappa shape index (κ3) is 5.25. The monoisotopic (exact) mass is 457 g/mol. The van der Waals surface area contributed by atoms with Crippen LogP contribution in [0.25, 0.3) is 6.08 Å². The van der Waals surface area contributed by atoms with E-state index < -0.39 is 0 Å². The van der Waals surface area contributed by atoms with Crippen LogP contribution in [-0.2, 0) is 11.2 Å². The molecular formula is C29H31NO4. The van der Waals surface area contributed by atoms with E-state index in [0.717, 1.165) is 40.0 Å². The predicted octanol–water partition coefficient (Wildman–Crippen LogP) is 5.54. The van der Waals surface area contributed by atoms with Gasteiger partial charge in [0, 0.05) is 12.6 Å². The Labute approximate surface area is 201 Å². The van der Waals surface area contributed by atoms with Gasteiger partial charge in [0.25, 0.3) is 0 Å². The number of rotatable bonds is 7. The highest BCUT2D eigenvalue weighted by Gasteiger charge is 2.32. The van der Waals surface area contributed by atoms with Crippen LogP contribution < -0.4 is 14.2 Å². The number of methoxy groups -OCH3 is 2. The first-order valence-electron chi connectivity index (χ1n) is 11.5. The minimum Gasteiger partial charge on any atom is -0.493 e. The third-order valence-corrected chi connectivity index (χ3v) is 6.11. The fourth-order valence-corrected chi connectivity index (χ4v) is 4.49. The first kappa shape index (κ1) is 23.4. The third-order valence-electron chi connectivity index (χ3n) is 6.11. The number of aryl methyl sites for hydroxylation is 2. The van der Waals surface area contributed by atoms with Gasteiger partial charge in [-0.05, 0) is 78.4 Å². The lowest BCUT2D eigenvalue weighted by Crippen LogP contribution is -2.41. The molecule has 1 heterocycles. The van der Waals surface area contributed by atoms with E-state index in [1.54, 1.807) is 20.3 Å². The minimum absolute atomic E-state index is 0.0432. The molecule has 1 unspecified atom stereocenters. The number of nitrogens with zero attached hydrogens (tertiary/aromatic N) is 1. The summed E-state index contributed by atoms with van der Waals surface area (Å²) in [7, 11) is 3.26. The molecule has 176 valence electrons. The van der Waals surface area contributed by atoms with Crippen LogP contribution in [0.4, 0.5) is 0 Å². The Kier molecular flexibility index (Phi) is 7.21. The zero-order valence-corrected chi connectivity index (χ0v) is 20.2. The number of hydrogen-bond donors (Lipinski definition) is 0. The van der Waals surface area contributed by atoms with Crippen LogP contribution in [0.15, 0.2) is 66.7 Å². The number of carbonyl (C=O) groups excluding carboxylic acids is 1. The summed E-state index contributed by atoms with van der Waals surface area (Å²) in [4.78, 5) is 15.2. The lowest BCUT2D eigenvalue weighted by molar-refractivity contribution is -0.129.